The summed E-state index contributed by atoms with van der Waals surface area (Å²) in [4.78, 5) is 21.3. The van der Waals surface area contributed by atoms with E-state index < -0.39 is 0 Å². The van der Waals surface area contributed by atoms with Crippen molar-refractivity contribution in [2.24, 2.45) is 0 Å². The SMILES string of the molecule is Cl.N#Cc1ccnc(N2CCN(C(=O)C3Cc4ccccc4CN3)CC2)c1. The molecule has 27 heavy (non-hydrogen) atoms. The van der Waals surface area contributed by atoms with Crippen LogP contribution in [0.2, 0.25) is 0 Å². The maximum atomic E-state index is 12.9. The Balaban J connectivity index is 0.00000210. The molecule has 1 N–H and O–H groups in total. The molecule has 3 heterocycles. The molecule has 1 saturated heterocycles. The molecule has 0 radical (unpaired) electrons. The fourth-order valence-electron chi connectivity index (χ4n) is 3.67. The van der Waals surface area contributed by atoms with E-state index in [1.54, 1.807) is 18.3 Å². The lowest BCUT2D eigenvalue weighted by Crippen LogP contribution is -2.55. The number of hydrogen-bond donors (Lipinski definition) is 1. The van der Waals surface area contributed by atoms with Crippen molar-refractivity contribution >= 4 is 24.1 Å². The topological polar surface area (TPSA) is 72.3 Å². The van der Waals surface area contributed by atoms with Crippen LogP contribution in [0.5, 0.6) is 0 Å². The van der Waals surface area contributed by atoms with Gasteiger partial charge >= 0.3 is 0 Å². The summed E-state index contributed by atoms with van der Waals surface area (Å²) >= 11 is 0. The predicted molar refractivity (Wildman–Crippen MR) is 106 cm³/mol. The van der Waals surface area contributed by atoms with Crippen LogP contribution in [0.4, 0.5) is 5.82 Å². The van der Waals surface area contributed by atoms with Gasteiger partial charge in [-0.2, -0.15) is 5.26 Å². The average molecular weight is 384 g/mol. The standard InChI is InChI=1S/C20H21N5O.ClH/c21-13-15-5-6-22-19(11-15)24-7-9-25(10-8-24)20(26)18-12-16-3-1-2-4-17(16)14-23-18;/h1-6,11,18,23H,7-10,12,14H2;1H. The molecule has 1 fully saturated rings. The molecule has 6 nitrogen and oxygen atoms in total. The molecule has 0 saturated carbocycles. The molecule has 1 amide bonds. The summed E-state index contributed by atoms with van der Waals surface area (Å²) in [6.07, 6.45) is 2.41. The van der Waals surface area contributed by atoms with Crippen LogP contribution in [0.3, 0.4) is 0 Å². The first-order valence-corrected chi connectivity index (χ1v) is 8.94. The third kappa shape index (κ3) is 4.05. The minimum atomic E-state index is -0.142. The molecule has 140 valence electrons. The zero-order chi connectivity index (χ0) is 17.9. The van der Waals surface area contributed by atoms with E-state index in [0.29, 0.717) is 18.7 Å². The van der Waals surface area contributed by atoms with E-state index in [1.807, 2.05) is 17.0 Å². The Morgan fingerprint density at radius 2 is 1.89 bits per heavy atom. The summed E-state index contributed by atoms with van der Waals surface area (Å²) in [5, 5.41) is 12.4. The summed E-state index contributed by atoms with van der Waals surface area (Å²) in [5.41, 5.74) is 3.16. The number of carbonyl (C=O) groups excluding carboxylic acids is 1. The molecule has 2 aromatic rings. The lowest BCUT2D eigenvalue weighted by atomic mass is 9.95. The number of nitrogens with one attached hydrogen (secondary N) is 1. The second kappa shape index (κ2) is 8.38. The second-order valence-corrected chi connectivity index (χ2v) is 6.73. The average Bonchev–Trinajstić information content (AvgIpc) is 2.73. The fraction of sp³-hybridized carbons (Fsp3) is 0.350. The quantitative estimate of drug-likeness (QED) is 0.855. The number of carbonyl (C=O) groups is 1. The minimum Gasteiger partial charge on any atom is -0.353 e. The number of aromatic nitrogens is 1. The third-order valence-electron chi connectivity index (χ3n) is 5.17. The van der Waals surface area contributed by atoms with Gasteiger partial charge in [0.15, 0.2) is 0 Å². The van der Waals surface area contributed by atoms with Gasteiger partial charge in [0.25, 0.3) is 0 Å². The van der Waals surface area contributed by atoms with Crippen LogP contribution in [-0.4, -0.2) is 48.0 Å². The fourth-order valence-corrected chi connectivity index (χ4v) is 3.67. The smallest absolute Gasteiger partial charge is 0.240 e. The Morgan fingerprint density at radius 1 is 1.15 bits per heavy atom. The van der Waals surface area contributed by atoms with Crippen molar-refractivity contribution in [2.45, 2.75) is 19.0 Å². The van der Waals surface area contributed by atoms with E-state index in [9.17, 15) is 4.79 Å². The molecule has 0 bridgehead atoms. The molecule has 1 unspecified atom stereocenters. The normalized spacial score (nSPS) is 18.9. The summed E-state index contributed by atoms with van der Waals surface area (Å²) in [5.74, 6) is 0.985. The highest BCUT2D eigenvalue weighted by atomic mass is 35.5. The zero-order valence-corrected chi connectivity index (χ0v) is 15.8. The molecule has 7 heteroatoms. The number of amides is 1. The van der Waals surface area contributed by atoms with E-state index in [1.165, 1.54) is 11.1 Å². The number of pyridine rings is 1. The van der Waals surface area contributed by atoms with Crippen LogP contribution in [-0.2, 0) is 17.8 Å². The van der Waals surface area contributed by atoms with Gasteiger partial charge in [0.2, 0.25) is 5.91 Å². The molecule has 0 spiro atoms. The van der Waals surface area contributed by atoms with Crippen molar-refractivity contribution in [3.8, 4) is 6.07 Å². The number of nitriles is 1. The van der Waals surface area contributed by atoms with E-state index in [2.05, 4.69) is 33.4 Å². The highest BCUT2D eigenvalue weighted by molar-refractivity contribution is 5.85. The lowest BCUT2D eigenvalue weighted by Gasteiger charge is -2.38. The van der Waals surface area contributed by atoms with Crippen molar-refractivity contribution in [1.29, 1.82) is 5.26 Å². The predicted octanol–water partition coefficient (Wildman–Crippen LogP) is 1.74. The van der Waals surface area contributed by atoms with Crippen molar-refractivity contribution in [1.82, 2.24) is 15.2 Å². The molecule has 1 aromatic carbocycles. The van der Waals surface area contributed by atoms with Crippen LogP contribution in [0.15, 0.2) is 42.6 Å². The van der Waals surface area contributed by atoms with Crippen LogP contribution in [0, 0.1) is 11.3 Å². The van der Waals surface area contributed by atoms with Gasteiger partial charge in [0.1, 0.15) is 5.82 Å². The maximum Gasteiger partial charge on any atom is 0.240 e. The highest BCUT2D eigenvalue weighted by Crippen LogP contribution is 2.19. The molecule has 1 aromatic heterocycles. The van der Waals surface area contributed by atoms with Crippen molar-refractivity contribution in [3.63, 3.8) is 0 Å². The molecule has 2 aliphatic heterocycles. The maximum absolute atomic E-state index is 12.9. The first-order valence-electron chi connectivity index (χ1n) is 8.94. The first-order chi connectivity index (χ1) is 12.7. The van der Waals surface area contributed by atoms with Gasteiger partial charge in [-0.25, -0.2) is 4.98 Å². The van der Waals surface area contributed by atoms with E-state index in [0.717, 1.165) is 31.9 Å². The molecule has 1 atom stereocenters. The minimum absolute atomic E-state index is 0. The number of piperazine rings is 1. The number of anilines is 1. The summed E-state index contributed by atoms with van der Waals surface area (Å²) < 4.78 is 0. The Bertz CT molecular complexity index is 857. The van der Waals surface area contributed by atoms with Crippen molar-refractivity contribution in [3.05, 3.63) is 59.3 Å². The van der Waals surface area contributed by atoms with Gasteiger partial charge < -0.3 is 15.1 Å². The Kier molecular flexibility index (Phi) is 5.94. The van der Waals surface area contributed by atoms with Gasteiger partial charge in [-0.15, -0.1) is 12.4 Å². The number of nitrogens with zero attached hydrogens (tertiary/aromatic N) is 4. The lowest BCUT2D eigenvalue weighted by molar-refractivity contribution is -0.134. The molecular weight excluding hydrogens is 362 g/mol. The van der Waals surface area contributed by atoms with Gasteiger partial charge in [-0.1, -0.05) is 24.3 Å². The van der Waals surface area contributed by atoms with Crippen LogP contribution in [0.1, 0.15) is 16.7 Å². The third-order valence-corrected chi connectivity index (χ3v) is 5.17. The van der Waals surface area contributed by atoms with E-state index >= 15 is 0 Å². The Morgan fingerprint density at radius 3 is 2.63 bits per heavy atom. The molecular formula is C20H22ClN5O. The molecule has 4 rings (SSSR count). The summed E-state index contributed by atoms with van der Waals surface area (Å²) in [6, 6.07) is 13.8. The first kappa shape index (κ1) is 19.2. The number of halogens is 1. The van der Waals surface area contributed by atoms with Gasteiger partial charge in [-0.05, 0) is 29.7 Å². The second-order valence-electron chi connectivity index (χ2n) is 6.73. The van der Waals surface area contributed by atoms with E-state index in [-0.39, 0.29) is 24.4 Å². The molecule has 0 aliphatic carbocycles. The summed E-state index contributed by atoms with van der Waals surface area (Å²) in [7, 11) is 0. The number of benzene rings is 1. The Hall–Kier alpha value is -2.62. The molecule has 2 aliphatic rings. The van der Waals surface area contributed by atoms with Crippen LogP contribution < -0.4 is 10.2 Å². The van der Waals surface area contributed by atoms with Gasteiger partial charge in [0.05, 0.1) is 17.7 Å². The Labute approximate surface area is 165 Å². The number of rotatable bonds is 2. The van der Waals surface area contributed by atoms with Crippen LogP contribution in [0.25, 0.3) is 0 Å². The van der Waals surface area contributed by atoms with Crippen molar-refractivity contribution < 1.29 is 4.79 Å². The summed E-state index contributed by atoms with van der Waals surface area (Å²) in [6.45, 7) is 3.57. The van der Waals surface area contributed by atoms with Gasteiger partial charge in [-0.3, -0.25) is 4.79 Å². The largest absolute Gasteiger partial charge is 0.353 e. The number of hydrogen-bond acceptors (Lipinski definition) is 5. The zero-order valence-electron chi connectivity index (χ0n) is 15.0. The monoisotopic (exact) mass is 383 g/mol. The number of fused-ring (bicyclic) bond motifs is 1. The van der Waals surface area contributed by atoms with Crippen LogP contribution >= 0.6 is 12.4 Å². The van der Waals surface area contributed by atoms with Crippen molar-refractivity contribution in [2.75, 3.05) is 31.1 Å². The van der Waals surface area contributed by atoms with E-state index in [4.69, 9.17) is 5.26 Å². The highest BCUT2D eigenvalue weighted by Gasteiger charge is 2.30. The van der Waals surface area contributed by atoms with Gasteiger partial charge in [0, 0.05) is 38.9 Å².